The lowest BCUT2D eigenvalue weighted by Crippen LogP contribution is -2.47. The molecule has 0 aromatic carbocycles. The summed E-state index contributed by atoms with van der Waals surface area (Å²) in [4.78, 5) is 12.0. The van der Waals surface area contributed by atoms with Crippen LogP contribution in [0.25, 0.3) is 0 Å². The zero-order chi connectivity index (χ0) is 18.8. The second-order valence-electron chi connectivity index (χ2n) is 8.32. The fourth-order valence-corrected chi connectivity index (χ4v) is 4.01. The number of rotatable bonds is 8. The van der Waals surface area contributed by atoms with Crippen LogP contribution in [-0.2, 0) is 0 Å². The Morgan fingerprint density at radius 1 is 1.12 bits per heavy atom. The van der Waals surface area contributed by atoms with Crippen molar-refractivity contribution in [2.45, 2.75) is 45.6 Å². The van der Waals surface area contributed by atoms with Crippen molar-refractivity contribution >= 4 is 5.96 Å². The minimum atomic E-state index is 0.631. The maximum absolute atomic E-state index is 4.38. The van der Waals surface area contributed by atoms with Gasteiger partial charge >= 0.3 is 0 Å². The first-order valence-corrected chi connectivity index (χ1v) is 10.7. The number of aliphatic imine (C=N–C) groups is 1. The van der Waals surface area contributed by atoms with Gasteiger partial charge in [0.15, 0.2) is 5.96 Å². The molecule has 2 fully saturated rings. The number of likely N-dealkylation sites (N-methyl/N-ethyl adjacent to an activating group) is 1. The number of likely N-dealkylation sites (tertiary alicyclic amines) is 1. The number of piperazine rings is 1. The Morgan fingerprint density at radius 2 is 1.88 bits per heavy atom. The second-order valence-corrected chi connectivity index (χ2v) is 8.32. The number of nitrogens with one attached hydrogen (secondary N) is 2. The molecule has 2 rings (SSSR count). The topological polar surface area (TPSA) is 46.1 Å². The molecule has 0 saturated carbocycles. The van der Waals surface area contributed by atoms with Crippen molar-refractivity contribution in [3.8, 4) is 0 Å². The second kappa shape index (κ2) is 11.8. The highest BCUT2D eigenvalue weighted by molar-refractivity contribution is 5.79. The van der Waals surface area contributed by atoms with Crippen molar-refractivity contribution in [2.24, 2.45) is 10.9 Å². The first-order valence-electron chi connectivity index (χ1n) is 10.7. The van der Waals surface area contributed by atoms with Crippen molar-refractivity contribution in [2.75, 3.05) is 73.0 Å². The molecule has 2 aliphatic heterocycles. The Kier molecular flexibility index (Phi) is 9.72. The number of piperidine rings is 1. The standard InChI is InChI=1S/C20H42N6/c1-18(17-25-14-12-24(4)13-15-25)16-23-20(21-3)22-9-7-11-26-10-6-5-8-19(26)2/h18-19H,5-17H2,1-4H3,(H2,21,22,23). The summed E-state index contributed by atoms with van der Waals surface area (Å²) in [6, 6.07) is 0.761. The van der Waals surface area contributed by atoms with Crippen LogP contribution in [0.2, 0.25) is 0 Å². The van der Waals surface area contributed by atoms with Crippen LogP contribution in [-0.4, -0.2) is 99.7 Å². The predicted molar refractivity (Wildman–Crippen MR) is 112 cm³/mol. The highest BCUT2D eigenvalue weighted by Crippen LogP contribution is 2.16. The molecule has 152 valence electrons. The number of nitrogens with zero attached hydrogens (tertiary/aromatic N) is 4. The van der Waals surface area contributed by atoms with Gasteiger partial charge in [-0.3, -0.25) is 4.99 Å². The Labute approximate surface area is 161 Å². The van der Waals surface area contributed by atoms with Gasteiger partial charge in [0.2, 0.25) is 0 Å². The lowest BCUT2D eigenvalue weighted by molar-refractivity contribution is 0.139. The van der Waals surface area contributed by atoms with Crippen LogP contribution in [0, 0.1) is 5.92 Å². The van der Waals surface area contributed by atoms with E-state index in [1.165, 1.54) is 71.5 Å². The summed E-state index contributed by atoms with van der Waals surface area (Å²) < 4.78 is 0. The van der Waals surface area contributed by atoms with Crippen LogP contribution in [0.1, 0.15) is 39.5 Å². The van der Waals surface area contributed by atoms with E-state index in [0.717, 1.165) is 25.1 Å². The zero-order valence-corrected chi connectivity index (χ0v) is 17.6. The maximum Gasteiger partial charge on any atom is 0.190 e. The first-order chi connectivity index (χ1) is 12.6. The largest absolute Gasteiger partial charge is 0.356 e. The Hall–Kier alpha value is -0.850. The predicted octanol–water partition coefficient (Wildman–Crippen LogP) is 1.30. The molecule has 0 aromatic rings. The van der Waals surface area contributed by atoms with Gasteiger partial charge in [0.25, 0.3) is 0 Å². The molecule has 0 radical (unpaired) electrons. The summed E-state index contributed by atoms with van der Waals surface area (Å²) in [5, 5.41) is 6.98. The molecular weight excluding hydrogens is 324 g/mol. The van der Waals surface area contributed by atoms with Crippen molar-refractivity contribution in [1.29, 1.82) is 0 Å². The lowest BCUT2D eigenvalue weighted by atomic mass is 10.0. The molecule has 0 amide bonds. The molecule has 0 aliphatic carbocycles. The Balaban J connectivity index is 1.55. The Bertz CT molecular complexity index is 405. The summed E-state index contributed by atoms with van der Waals surface area (Å²) in [7, 11) is 4.08. The molecule has 6 heteroatoms. The monoisotopic (exact) mass is 366 g/mol. The number of hydrogen-bond acceptors (Lipinski definition) is 4. The van der Waals surface area contributed by atoms with Crippen LogP contribution < -0.4 is 10.6 Å². The molecule has 0 aromatic heterocycles. The summed E-state index contributed by atoms with van der Waals surface area (Å²) in [6.45, 7) is 15.1. The van der Waals surface area contributed by atoms with E-state index >= 15 is 0 Å². The smallest absolute Gasteiger partial charge is 0.190 e. The van der Waals surface area contributed by atoms with Gasteiger partial charge in [-0.2, -0.15) is 0 Å². The van der Waals surface area contributed by atoms with Gasteiger partial charge in [-0.15, -0.1) is 0 Å². The van der Waals surface area contributed by atoms with Gasteiger partial charge in [-0.1, -0.05) is 13.3 Å². The molecule has 2 saturated heterocycles. The first kappa shape index (κ1) is 21.5. The van der Waals surface area contributed by atoms with E-state index < -0.39 is 0 Å². The number of hydrogen-bond donors (Lipinski definition) is 2. The zero-order valence-electron chi connectivity index (χ0n) is 17.6. The van der Waals surface area contributed by atoms with Gasteiger partial charge < -0.3 is 25.3 Å². The van der Waals surface area contributed by atoms with E-state index in [9.17, 15) is 0 Å². The number of guanidine groups is 1. The van der Waals surface area contributed by atoms with Gasteiger partial charge in [0.1, 0.15) is 0 Å². The maximum atomic E-state index is 4.38. The van der Waals surface area contributed by atoms with E-state index in [1.807, 2.05) is 7.05 Å². The third-order valence-corrected chi connectivity index (χ3v) is 5.86. The minimum Gasteiger partial charge on any atom is -0.356 e. The van der Waals surface area contributed by atoms with E-state index in [4.69, 9.17) is 0 Å². The van der Waals surface area contributed by atoms with Crippen LogP contribution in [0.3, 0.4) is 0 Å². The molecule has 6 nitrogen and oxygen atoms in total. The summed E-state index contributed by atoms with van der Waals surface area (Å²) in [5.41, 5.74) is 0. The molecule has 2 unspecified atom stereocenters. The summed E-state index contributed by atoms with van der Waals surface area (Å²) in [6.07, 6.45) is 5.31. The average molecular weight is 367 g/mol. The van der Waals surface area contributed by atoms with Crippen LogP contribution >= 0.6 is 0 Å². The normalized spacial score (nSPS) is 25.2. The fraction of sp³-hybridized carbons (Fsp3) is 0.950. The molecule has 2 atom stereocenters. The highest BCUT2D eigenvalue weighted by atomic mass is 15.2. The Morgan fingerprint density at radius 3 is 2.58 bits per heavy atom. The molecule has 0 spiro atoms. The fourth-order valence-electron chi connectivity index (χ4n) is 4.01. The third kappa shape index (κ3) is 7.80. The van der Waals surface area contributed by atoms with Crippen molar-refractivity contribution < 1.29 is 0 Å². The molecule has 0 bridgehead atoms. The van der Waals surface area contributed by atoms with E-state index in [0.29, 0.717) is 5.92 Å². The van der Waals surface area contributed by atoms with Crippen LogP contribution in [0.15, 0.2) is 4.99 Å². The average Bonchev–Trinajstić information content (AvgIpc) is 2.64. The van der Waals surface area contributed by atoms with Crippen molar-refractivity contribution in [3.63, 3.8) is 0 Å². The SMILES string of the molecule is CN=C(NCCCN1CCCCC1C)NCC(C)CN1CCN(C)CC1. The van der Waals surface area contributed by atoms with Gasteiger partial charge in [-0.25, -0.2) is 0 Å². The lowest BCUT2D eigenvalue weighted by Gasteiger charge is -2.34. The molecule has 2 N–H and O–H groups in total. The van der Waals surface area contributed by atoms with Gasteiger partial charge in [-0.05, 0) is 45.7 Å². The van der Waals surface area contributed by atoms with Crippen molar-refractivity contribution in [1.82, 2.24) is 25.3 Å². The van der Waals surface area contributed by atoms with E-state index in [1.54, 1.807) is 0 Å². The van der Waals surface area contributed by atoms with E-state index in [2.05, 4.69) is 51.2 Å². The third-order valence-electron chi connectivity index (χ3n) is 5.86. The van der Waals surface area contributed by atoms with Crippen molar-refractivity contribution in [3.05, 3.63) is 0 Å². The van der Waals surface area contributed by atoms with E-state index in [-0.39, 0.29) is 0 Å². The summed E-state index contributed by atoms with van der Waals surface area (Å²) in [5.74, 6) is 1.58. The molecular formula is C20H42N6. The van der Waals surface area contributed by atoms with Crippen LogP contribution in [0.5, 0.6) is 0 Å². The summed E-state index contributed by atoms with van der Waals surface area (Å²) >= 11 is 0. The van der Waals surface area contributed by atoms with Crippen LogP contribution in [0.4, 0.5) is 0 Å². The molecule has 2 aliphatic rings. The van der Waals surface area contributed by atoms with Gasteiger partial charge in [0.05, 0.1) is 0 Å². The highest BCUT2D eigenvalue weighted by Gasteiger charge is 2.18. The van der Waals surface area contributed by atoms with Gasteiger partial charge in [0, 0.05) is 65.4 Å². The minimum absolute atomic E-state index is 0.631. The quantitative estimate of drug-likeness (QED) is 0.385. The molecule has 26 heavy (non-hydrogen) atoms. The molecule has 2 heterocycles.